The largest absolute Gasteiger partial charge is 0.311 e. The van der Waals surface area contributed by atoms with Crippen LogP contribution in [-0.4, -0.2) is 45.3 Å². The number of thioether (sulfide) groups is 1. The molecule has 0 bridgehead atoms. The third-order valence-corrected chi connectivity index (χ3v) is 4.79. The zero-order valence-electron chi connectivity index (χ0n) is 10.2. The molecule has 1 unspecified atom stereocenters. The number of sulfonamides is 1. The van der Waals surface area contributed by atoms with Crippen LogP contribution in [-0.2, 0) is 10.0 Å². The maximum Gasteiger partial charge on any atom is 0.208 e. The minimum absolute atomic E-state index is 0.316. The highest BCUT2D eigenvalue weighted by atomic mass is 32.2. The van der Waals surface area contributed by atoms with Crippen molar-refractivity contribution in [1.82, 2.24) is 10.0 Å². The van der Waals surface area contributed by atoms with E-state index in [1.807, 2.05) is 11.8 Å². The van der Waals surface area contributed by atoms with Crippen LogP contribution in [0.2, 0.25) is 0 Å². The van der Waals surface area contributed by atoms with Crippen LogP contribution in [0.15, 0.2) is 0 Å². The lowest BCUT2D eigenvalue weighted by Gasteiger charge is -2.38. The highest BCUT2D eigenvalue weighted by Crippen LogP contribution is 2.33. The normalized spacial score (nSPS) is 25.6. The molecule has 2 N–H and O–H groups in total. The van der Waals surface area contributed by atoms with Gasteiger partial charge in [-0.05, 0) is 17.6 Å². The summed E-state index contributed by atoms with van der Waals surface area (Å²) in [4.78, 5) is 0. The number of nitrogens with one attached hydrogen (secondary N) is 2. The highest BCUT2D eigenvalue weighted by molar-refractivity contribution is 7.99. The summed E-state index contributed by atoms with van der Waals surface area (Å²) in [7, 11) is -3.05. The molecule has 0 aliphatic carbocycles. The smallest absolute Gasteiger partial charge is 0.208 e. The molecule has 0 aromatic rings. The monoisotopic (exact) mass is 266 g/mol. The van der Waals surface area contributed by atoms with Gasteiger partial charge in [0.25, 0.3) is 0 Å². The van der Waals surface area contributed by atoms with Crippen LogP contribution in [0.3, 0.4) is 0 Å². The van der Waals surface area contributed by atoms with Gasteiger partial charge in [0.1, 0.15) is 0 Å². The molecular formula is C10H22N2O2S2. The van der Waals surface area contributed by atoms with E-state index in [9.17, 15) is 8.42 Å². The first-order valence-corrected chi connectivity index (χ1v) is 8.62. The van der Waals surface area contributed by atoms with Crippen LogP contribution in [0.4, 0.5) is 0 Å². The first-order valence-electron chi connectivity index (χ1n) is 5.57. The van der Waals surface area contributed by atoms with Crippen LogP contribution in [0.1, 0.15) is 20.3 Å². The van der Waals surface area contributed by atoms with Crippen LogP contribution in [0, 0.1) is 5.41 Å². The van der Waals surface area contributed by atoms with Crippen molar-refractivity contribution in [3.8, 4) is 0 Å². The average Bonchev–Trinajstić information content (AvgIpc) is 2.12. The molecule has 1 saturated heterocycles. The van der Waals surface area contributed by atoms with Crippen molar-refractivity contribution in [3.05, 3.63) is 0 Å². The summed E-state index contributed by atoms with van der Waals surface area (Å²) in [6, 6.07) is 0.479. The molecule has 6 heteroatoms. The fourth-order valence-corrected chi connectivity index (χ4v) is 3.87. The van der Waals surface area contributed by atoms with E-state index in [0.29, 0.717) is 24.5 Å². The van der Waals surface area contributed by atoms with Gasteiger partial charge in [-0.1, -0.05) is 13.8 Å². The molecule has 0 aromatic heterocycles. The predicted octanol–water partition coefficient (Wildman–Crippen LogP) is 0.657. The summed E-state index contributed by atoms with van der Waals surface area (Å²) in [6.45, 7) is 5.71. The van der Waals surface area contributed by atoms with Gasteiger partial charge in [0.2, 0.25) is 10.0 Å². The van der Waals surface area contributed by atoms with Crippen molar-refractivity contribution in [1.29, 1.82) is 0 Å². The molecule has 1 rings (SSSR count). The van der Waals surface area contributed by atoms with Crippen LogP contribution < -0.4 is 10.0 Å². The Bertz CT molecular complexity index is 315. The van der Waals surface area contributed by atoms with Gasteiger partial charge >= 0.3 is 0 Å². The van der Waals surface area contributed by atoms with Gasteiger partial charge < -0.3 is 5.32 Å². The third kappa shape index (κ3) is 5.03. The molecule has 0 aromatic carbocycles. The van der Waals surface area contributed by atoms with Crippen LogP contribution >= 0.6 is 11.8 Å². The number of rotatable bonds is 5. The molecule has 16 heavy (non-hydrogen) atoms. The molecule has 1 atom stereocenters. The zero-order chi connectivity index (χ0) is 12.2. The molecule has 1 fully saturated rings. The molecular weight excluding hydrogens is 244 g/mol. The van der Waals surface area contributed by atoms with Crippen LogP contribution in [0.5, 0.6) is 0 Å². The SMILES string of the molecule is CC1(C)CCSCC1NCCNS(C)(=O)=O. The molecule has 1 aliphatic heterocycles. The van der Waals surface area contributed by atoms with E-state index in [1.54, 1.807) is 0 Å². The first-order chi connectivity index (χ1) is 7.31. The number of hydrogen-bond donors (Lipinski definition) is 2. The molecule has 4 nitrogen and oxygen atoms in total. The summed E-state index contributed by atoms with van der Waals surface area (Å²) < 4.78 is 24.2. The van der Waals surface area contributed by atoms with Gasteiger partial charge in [0, 0.05) is 24.9 Å². The Labute approximate surface area is 103 Å². The van der Waals surface area contributed by atoms with E-state index >= 15 is 0 Å². The van der Waals surface area contributed by atoms with Gasteiger partial charge in [-0.25, -0.2) is 13.1 Å². The minimum atomic E-state index is -3.05. The topological polar surface area (TPSA) is 58.2 Å². The Kier molecular flexibility index (Phi) is 5.10. The molecule has 1 heterocycles. The number of hydrogen-bond acceptors (Lipinski definition) is 4. The van der Waals surface area contributed by atoms with Gasteiger partial charge in [-0.2, -0.15) is 11.8 Å². The van der Waals surface area contributed by atoms with E-state index in [1.165, 1.54) is 18.4 Å². The van der Waals surface area contributed by atoms with Gasteiger partial charge in [-0.3, -0.25) is 0 Å². The zero-order valence-corrected chi connectivity index (χ0v) is 11.9. The standard InChI is InChI=1S/C10H22N2O2S2/c1-10(2)4-7-15-8-9(10)11-5-6-12-16(3,13)14/h9,11-12H,4-8H2,1-3H3. The summed E-state index contributed by atoms with van der Waals surface area (Å²) >= 11 is 1.97. The Morgan fingerprint density at radius 1 is 1.38 bits per heavy atom. The summed E-state index contributed by atoms with van der Waals surface area (Å²) in [5.74, 6) is 2.35. The van der Waals surface area contributed by atoms with Gasteiger partial charge in [0.05, 0.1) is 6.26 Å². The fraction of sp³-hybridized carbons (Fsp3) is 1.00. The summed E-state index contributed by atoms with van der Waals surface area (Å²) in [6.07, 6.45) is 2.40. The Morgan fingerprint density at radius 2 is 2.06 bits per heavy atom. The van der Waals surface area contributed by atoms with Crippen molar-refractivity contribution in [2.45, 2.75) is 26.3 Å². The van der Waals surface area contributed by atoms with E-state index < -0.39 is 10.0 Å². The van der Waals surface area contributed by atoms with Crippen molar-refractivity contribution < 1.29 is 8.42 Å². The molecule has 1 aliphatic rings. The van der Waals surface area contributed by atoms with Gasteiger partial charge in [0.15, 0.2) is 0 Å². The highest BCUT2D eigenvalue weighted by Gasteiger charge is 2.31. The summed E-state index contributed by atoms with van der Waals surface area (Å²) in [5, 5.41) is 3.44. The van der Waals surface area contributed by atoms with E-state index in [2.05, 4.69) is 23.9 Å². The maximum absolute atomic E-state index is 10.9. The summed E-state index contributed by atoms with van der Waals surface area (Å²) in [5.41, 5.74) is 0.316. The maximum atomic E-state index is 10.9. The molecule has 0 amide bonds. The predicted molar refractivity (Wildman–Crippen MR) is 70.4 cm³/mol. The first kappa shape index (κ1) is 14.3. The van der Waals surface area contributed by atoms with Gasteiger partial charge in [-0.15, -0.1) is 0 Å². The molecule has 96 valence electrons. The van der Waals surface area contributed by atoms with Crippen molar-refractivity contribution >= 4 is 21.8 Å². The Hall–Kier alpha value is 0.220. The van der Waals surface area contributed by atoms with Crippen molar-refractivity contribution in [3.63, 3.8) is 0 Å². The minimum Gasteiger partial charge on any atom is -0.311 e. The molecule has 0 spiro atoms. The van der Waals surface area contributed by atoms with E-state index in [4.69, 9.17) is 0 Å². The van der Waals surface area contributed by atoms with Crippen molar-refractivity contribution in [2.75, 3.05) is 30.9 Å². The molecule has 0 saturated carbocycles. The lowest BCUT2D eigenvalue weighted by atomic mass is 9.82. The van der Waals surface area contributed by atoms with Crippen LogP contribution in [0.25, 0.3) is 0 Å². The quantitative estimate of drug-likeness (QED) is 0.718. The fourth-order valence-electron chi connectivity index (χ4n) is 1.75. The average molecular weight is 266 g/mol. The Balaban J connectivity index is 2.26. The lowest BCUT2D eigenvalue weighted by Crippen LogP contribution is -2.48. The second-order valence-electron chi connectivity index (χ2n) is 4.99. The molecule has 0 radical (unpaired) electrons. The second kappa shape index (κ2) is 5.71. The Morgan fingerprint density at radius 3 is 2.62 bits per heavy atom. The second-order valence-corrected chi connectivity index (χ2v) is 7.97. The lowest BCUT2D eigenvalue weighted by molar-refractivity contribution is 0.247. The van der Waals surface area contributed by atoms with E-state index in [0.717, 1.165) is 5.75 Å². The van der Waals surface area contributed by atoms with Crippen molar-refractivity contribution in [2.24, 2.45) is 5.41 Å². The third-order valence-electron chi connectivity index (χ3n) is 3.00. The van der Waals surface area contributed by atoms with E-state index in [-0.39, 0.29) is 0 Å².